The van der Waals surface area contributed by atoms with Crippen molar-refractivity contribution in [1.29, 1.82) is 0 Å². The summed E-state index contributed by atoms with van der Waals surface area (Å²) in [6.45, 7) is 3.71. The third kappa shape index (κ3) is 1.92. The number of nitrogens with zero attached hydrogens (tertiary/aromatic N) is 2. The third-order valence-electron chi connectivity index (χ3n) is 3.35. The van der Waals surface area contributed by atoms with Crippen molar-refractivity contribution in [3.8, 4) is 0 Å². The number of aryl methyl sites for hydroxylation is 1. The summed E-state index contributed by atoms with van der Waals surface area (Å²) in [5.74, 6) is 0.299. The second-order valence-corrected chi connectivity index (χ2v) is 4.47. The topological polar surface area (TPSA) is 52.0 Å². The average Bonchev–Trinajstić information content (AvgIpc) is 2.28. The predicted molar refractivity (Wildman–Crippen MR) is 60.5 cm³/mol. The number of rotatable bonds is 1. The summed E-state index contributed by atoms with van der Waals surface area (Å²) in [6.07, 6.45) is 4.37. The number of carbonyl (C=O) groups is 1. The molecule has 0 bridgehead atoms. The van der Waals surface area contributed by atoms with Crippen molar-refractivity contribution in [3.63, 3.8) is 0 Å². The van der Waals surface area contributed by atoms with Crippen LogP contribution in [0.2, 0.25) is 0 Å². The first-order valence-electron chi connectivity index (χ1n) is 5.66. The Morgan fingerprint density at radius 3 is 2.50 bits per heavy atom. The highest BCUT2D eigenvalue weighted by molar-refractivity contribution is 5.79. The Balaban J connectivity index is 2.31. The Bertz CT molecular complexity index is 466. The average molecular weight is 220 g/mol. The standard InChI is InChI=1S/C12H16N2O2/c1-8-7-13-14(12(16)9(8)2)10-3-5-11(15)6-4-10/h7,10H,3-6H2,1-2H3. The molecule has 0 aromatic carbocycles. The molecule has 1 aliphatic rings. The van der Waals surface area contributed by atoms with Crippen molar-refractivity contribution in [1.82, 2.24) is 9.78 Å². The molecule has 86 valence electrons. The van der Waals surface area contributed by atoms with E-state index in [0.29, 0.717) is 18.6 Å². The second-order valence-electron chi connectivity index (χ2n) is 4.47. The Morgan fingerprint density at radius 1 is 1.25 bits per heavy atom. The molecule has 4 nitrogen and oxygen atoms in total. The minimum absolute atomic E-state index is 0.0145. The lowest BCUT2D eigenvalue weighted by atomic mass is 9.94. The molecule has 1 heterocycles. The lowest BCUT2D eigenvalue weighted by Gasteiger charge is -2.22. The van der Waals surface area contributed by atoms with Crippen LogP contribution in [0.3, 0.4) is 0 Å². The van der Waals surface area contributed by atoms with Crippen LogP contribution in [0.15, 0.2) is 11.0 Å². The Morgan fingerprint density at radius 2 is 1.88 bits per heavy atom. The minimum Gasteiger partial charge on any atom is -0.300 e. The van der Waals surface area contributed by atoms with Crippen molar-refractivity contribution in [2.45, 2.75) is 45.6 Å². The number of Topliss-reactive ketones (excluding diaryl/α,β-unsaturated/α-hetero) is 1. The Hall–Kier alpha value is -1.45. The molecule has 4 heteroatoms. The monoisotopic (exact) mass is 220 g/mol. The van der Waals surface area contributed by atoms with Gasteiger partial charge >= 0.3 is 0 Å². The number of carbonyl (C=O) groups excluding carboxylic acids is 1. The van der Waals surface area contributed by atoms with E-state index in [9.17, 15) is 9.59 Å². The molecule has 1 aromatic rings. The molecule has 0 aliphatic heterocycles. The van der Waals surface area contributed by atoms with Crippen LogP contribution in [-0.4, -0.2) is 15.6 Å². The van der Waals surface area contributed by atoms with E-state index in [1.54, 1.807) is 10.9 Å². The molecule has 2 rings (SSSR count). The van der Waals surface area contributed by atoms with Crippen molar-refractivity contribution in [2.75, 3.05) is 0 Å². The van der Waals surface area contributed by atoms with Gasteiger partial charge in [0.25, 0.3) is 5.56 Å². The molecule has 1 aliphatic carbocycles. The van der Waals surface area contributed by atoms with Gasteiger partial charge in [-0.3, -0.25) is 9.59 Å². The number of hydrogen-bond donors (Lipinski definition) is 0. The smallest absolute Gasteiger partial charge is 0.270 e. The lowest BCUT2D eigenvalue weighted by molar-refractivity contribution is -0.120. The van der Waals surface area contributed by atoms with E-state index in [2.05, 4.69) is 5.10 Å². The zero-order valence-corrected chi connectivity index (χ0v) is 9.69. The highest BCUT2D eigenvalue weighted by Gasteiger charge is 2.22. The Labute approximate surface area is 94.3 Å². The summed E-state index contributed by atoms with van der Waals surface area (Å²) in [7, 11) is 0. The van der Waals surface area contributed by atoms with Gasteiger partial charge in [-0.1, -0.05) is 0 Å². The molecule has 0 unspecified atom stereocenters. The van der Waals surface area contributed by atoms with Crippen LogP contribution >= 0.6 is 0 Å². The van der Waals surface area contributed by atoms with Gasteiger partial charge in [0, 0.05) is 18.4 Å². The summed E-state index contributed by atoms with van der Waals surface area (Å²) in [5.41, 5.74) is 1.67. The van der Waals surface area contributed by atoms with Crippen LogP contribution in [0.25, 0.3) is 0 Å². The molecule has 1 fully saturated rings. The first-order chi connectivity index (χ1) is 7.59. The maximum absolute atomic E-state index is 12.0. The van der Waals surface area contributed by atoms with Crippen LogP contribution < -0.4 is 5.56 Å². The van der Waals surface area contributed by atoms with Gasteiger partial charge in [0.05, 0.1) is 12.2 Å². The maximum atomic E-state index is 12.0. The zero-order chi connectivity index (χ0) is 11.7. The number of aromatic nitrogens is 2. The fourth-order valence-electron chi connectivity index (χ4n) is 2.07. The fraction of sp³-hybridized carbons (Fsp3) is 0.583. The van der Waals surface area contributed by atoms with Gasteiger partial charge in [0.15, 0.2) is 0 Å². The van der Waals surface area contributed by atoms with E-state index in [1.165, 1.54) is 0 Å². The van der Waals surface area contributed by atoms with E-state index in [1.807, 2.05) is 13.8 Å². The summed E-state index contributed by atoms with van der Waals surface area (Å²) < 4.78 is 1.55. The molecule has 0 amide bonds. The van der Waals surface area contributed by atoms with E-state index in [4.69, 9.17) is 0 Å². The summed E-state index contributed by atoms with van der Waals surface area (Å²) in [5, 5.41) is 4.18. The molecule has 16 heavy (non-hydrogen) atoms. The largest absolute Gasteiger partial charge is 0.300 e. The molecule has 1 saturated carbocycles. The normalized spacial score (nSPS) is 17.8. The SMILES string of the molecule is Cc1cnn(C2CCC(=O)CC2)c(=O)c1C. The molecule has 0 saturated heterocycles. The summed E-state index contributed by atoms with van der Waals surface area (Å²) in [4.78, 5) is 23.1. The van der Waals surface area contributed by atoms with Crippen LogP contribution in [0.1, 0.15) is 42.9 Å². The molecular formula is C12H16N2O2. The van der Waals surface area contributed by atoms with Crippen molar-refractivity contribution >= 4 is 5.78 Å². The highest BCUT2D eigenvalue weighted by Crippen LogP contribution is 2.24. The third-order valence-corrected chi connectivity index (χ3v) is 3.35. The Kier molecular flexibility index (Phi) is 2.90. The predicted octanol–water partition coefficient (Wildman–Crippen LogP) is 1.54. The van der Waals surface area contributed by atoms with Crippen LogP contribution in [0.5, 0.6) is 0 Å². The number of ketones is 1. The maximum Gasteiger partial charge on any atom is 0.270 e. The molecule has 0 atom stereocenters. The van der Waals surface area contributed by atoms with Crippen molar-refractivity contribution < 1.29 is 4.79 Å². The first-order valence-corrected chi connectivity index (χ1v) is 5.66. The highest BCUT2D eigenvalue weighted by atomic mass is 16.1. The molecule has 0 N–H and O–H groups in total. The molecule has 0 spiro atoms. The quantitative estimate of drug-likeness (QED) is 0.721. The van der Waals surface area contributed by atoms with Crippen LogP contribution in [0.4, 0.5) is 0 Å². The van der Waals surface area contributed by atoms with Crippen LogP contribution in [0, 0.1) is 13.8 Å². The zero-order valence-electron chi connectivity index (χ0n) is 9.69. The van der Waals surface area contributed by atoms with Crippen LogP contribution in [-0.2, 0) is 4.79 Å². The van der Waals surface area contributed by atoms with E-state index >= 15 is 0 Å². The van der Waals surface area contributed by atoms with E-state index < -0.39 is 0 Å². The fourth-order valence-corrected chi connectivity index (χ4v) is 2.07. The van der Waals surface area contributed by atoms with Crippen molar-refractivity contribution in [2.24, 2.45) is 0 Å². The molecule has 1 aromatic heterocycles. The van der Waals surface area contributed by atoms with E-state index in [0.717, 1.165) is 24.0 Å². The van der Waals surface area contributed by atoms with Gasteiger partial charge in [0.1, 0.15) is 5.78 Å². The lowest BCUT2D eigenvalue weighted by Crippen LogP contribution is -2.31. The van der Waals surface area contributed by atoms with Gasteiger partial charge in [0.2, 0.25) is 0 Å². The van der Waals surface area contributed by atoms with Gasteiger partial charge in [-0.2, -0.15) is 5.10 Å². The minimum atomic E-state index is -0.0145. The molecular weight excluding hydrogens is 204 g/mol. The van der Waals surface area contributed by atoms with E-state index in [-0.39, 0.29) is 11.6 Å². The van der Waals surface area contributed by atoms with Gasteiger partial charge in [-0.05, 0) is 32.3 Å². The summed E-state index contributed by atoms with van der Waals surface area (Å²) in [6, 6.07) is 0.101. The first kappa shape index (κ1) is 11.0. The van der Waals surface area contributed by atoms with Crippen molar-refractivity contribution in [3.05, 3.63) is 27.7 Å². The van der Waals surface area contributed by atoms with Gasteiger partial charge in [-0.25, -0.2) is 4.68 Å². The number of hydrogen-bond acceptors (Lipinski definition) is 3. The van der Waals surface area contributed by atoms with Gasteiger partial charge in [-0.15, -0.1) is 0 Å². The summed E-state index contributed by atoms with van der Waals surface area (Å²) >= 11 is 0. The molecule has 0 radical (unpaired) electrons. The van der Waals surface area contributed by atoms with Gasteiger partial charge < -0.3 is 0 Å². The second kappa shape index (κ2) is 4.20.